The molecule has 35 heavy (non-hydrogen) atoms. The molecule has 3 aliphatic rings. The van der Waals surface area contributed by atoms with Crippen LogP contribution in [-0.4, -0.2) is 67.9 Å². The van der Waals surface area contributed by atoms with Gasteiger partial charge in [0, 0.05) is 81.9 Å². The molecule has 2 fully saturated rings. The molecule has 2 unspecified atom stereocenters. The van der Waals surface area contributed by atoms with Crippen LogP contribution in [0.3, 0.4) is 0 Å². The number of rotatable bonds is 4. The second kappa shape index (κ2) is 9.46. The Hall–Kier alpha value is -3.18. The van der Waals surface area contributed by atoms with Crippen molar-refractivity contribution in [3.05, 3.63) is 65.4 Å². The first-order valence-electron chi connectivity index (χ1n) is 12.7. The van der Waals surface area contributed by atoms with Gasteiger partial charge in [-0.25, -0.2) is 0 Å². The molecule has 180 valence electrons. The van der Waals surface area contributed by atoms with Crippen LogP contribution in [-0.2, 0) is 17.8 Å². The summed E-state index contributed by atoms with van der Waals surface area (Å²) >= 11 is 0. The summed E-state index contributed by atoms with van der Waals surface area (Å²) < 4.78 is 6.40. The maximum atomic E-state index is 9.50. The first-order valence-corrected chi connectivity index (χ1v) is 12.7. The van der Waals surface area contributed by atoms with Crippen LogP contribution in [0.2, 0.25) is 0 Å². The van der Waals surface area contributed by atoms with E-state index in [2.05, 4.69) is 68.3 Å². The summed E-state index contributed by atoms with van der Waals surface area (Å²) in [6.45, 7) is 11.0. The van der Waals surface area contributed by atoms with E-state index in [4.69, 9.17) is 4.74 Å². The van der Waals surface area contributed by atoms with Crippen molar-refractivity contribution in [3.8, 4) is 6.07 Å². The van der Waals surface area contributed by atoms with E-state index in [0.717, 1.165) is 75.5 Å². The van der Waals surface area contributed by atoms with E-state index < -0.39 is 0 Å². The number of pyridine rings is 1. The topological polar surface area (TPSA) is 67.7 Å². The van der Waals surface area contributed by atoms with E-state index in [1.54, 1.807) is 6.20 Å². The third-order valence-electron chi connectivity index (χ3n) is 7.57. The van der Waals surface area contributed by atoms with Gasteiger partial charge in [-0.1, -0.05) is 12.1 Å². The number of hydrogen-bond donors (Lipinski definition) is 1. The predicted molar refractivity (Wildman–Crippen MR) is 139 cm³/mol. The highest BCUT2D eigenvalue weighted by Gasteiger charge is 2.30. The molecule has 2 aromatic carbocycles. The second-order valence-electron chi connectivity index (χ2n) is 9.92. The average molecular weight is 469 g/mol. The Bertz CT molecular complexity index is 1260. The summed E-state index contributed by atoms with van der Waals surface area (Å²) in [5.41, 5.74) is 6.87. The Labute approximate surface area is 206 Å². The number of hydrogen-bond acceptors (Lipinski definition) is 7. The zero-order valence-corrected chi connectivity index (χ0v) is 20.3. The molecule has 3 aliphatic heterocycles. The van der Waals surface area contributed by atoms with Crippen LogP contribution in [0.25, 0.3) is 10.9 Å². The number of nitriles is 1. The molecular formula is C28H32N6O. The Balaban J connectivity index is 1.13. The molecule has 6 rings (SSSR count). The van der Waals surface area contributed by atoms with Crippen molar-refractivity contribution < 1.29 is 4.74 Å². The van der Waals surface area contributed by atoms with Crippen molar-refractivity contribution in [1.29, 1.82) is 5.26 Å². The number of nitrogens with one attached hydrogen (secondary N) is 1. The molecule has 2 atom stereocenters. The van der Waals surface area contributed by atoms with Gasteiger partial charge in [0.25, 0.3) is 0 Å². The number of benzene rings is 2. The summed E-state index contributed by atoms with van der Waals surface area (Å²) in [5, 5.41) is 14.0. The zero-order chi connectivity index (χ0) is 23.8. The molecule has 4 heterocycles. The lowest BCUT2D eigenvalue weighted by Crippen LogP contribution is -2.54. The monoisotopic (exact) mass is 468 g/mol. The molecule has 7 nitrogen and oxygen atoms in total. The van der Waals surface area contributed by atoms with Crippen molar-refractivity contribution in [2.24, 2.45) is 0 Å². The van der Waals surface area contributed by atoms with E-state index in [1.165, 1.54) is 16.8 Å². The van der Waals surface area contributed by atoms with Crippen LogP contribution in [0, 0.1) is 11.3 Å². The molecule has 0 saturated carbocycles. The molecule has 0 radical (unpaired) electrons. The van der Waals surface area contributed by atoms with Gasteiger partial charge >= 0.3 is 0 Å². The second-order valence-corrected chi connectivity index (χ2v) is 9.92. The van der Waals surface area contributed by atoms with Crippen molar-refractivity contribution in [2.45, 2.75) is 32.2 Å². The van der Waals surface area contributed by atoms with E-state index in [-0.39, 0.29) is 12.2 Å². The Morgan fingerprint density at radius 2 is 1.89 bits per heavy atom. The minimum atomic E-state index is 0.150. The Kier molecular flexibility index (Phi) is 6.03. The number of aromatic nitrogens is 1. The van der Waals surface area contributed by atoms with E-state index in [1.807, 2.05) is 12.1 Å². The number of anilines is 2. The zero-order valence-electron chi connectivity index (χ0n) is 20.3. The molecule has 3 aromatic rings. The average Bonchev–Trinajstić information content (AvgIpc) is 3.37. The fraction of sp³-hybridized carbons (Fsp3) is 0.429. The number of ether oxygens (including phenoxy) is 1. The Morgan fingerprint density at radius 3 is 2.74 bits per heavy atom. The normalized spacial score (nSPS) is 22.9. The third-order valence-corrected chi connectivity index (χ3v) is 7.57. The molecule has 7 heteroatoms. The van der Waals surface area contributed by atoms with Gasteiger partial charge in [-0.2, -0.15) is 5.26 Å². The minimum Gasteiger partial charge on any atom is -0.370 e. The van der Waals surface area contributed by atoms with Crippen molar-refractivity contribution in [2.75, 3.05) is 55.6 Å². The van der Waals surface area contributed by atoms with Crippen LogP contribution < -0.4 is 15.1 Å². The van der Waals surface area contributed by atoms with Crippen LogP contribution >= 0.6 is 0 Å². The van der Waals surface area contributed by atoms with Gasteiger partial charge in [-0.05, 0) is 48.4 Å². The molecule has 0 amide bonds. The molecule has 1 aromatic heterocycles. The van der Waals surface area contributed by atoms with E-state index in [0.29, 0.717) is 5.56 Å². The summed E-state index contributed by atoms with van der Waals surface area (Å²) in [6, 6.07) is 17.0. The highest BCUT2D eigenvalue weighted by molar-refractivity contribution is 5.95. The first kappa shape index (κ1) is 22.3. The summed E-state index contributed by atoms with van der Waals surface area (Å²) in [4.78, 5) is 12.0. The largest absolute Gasteiger partial charge is 0.370 e. The highest BCUT2D eigenvalue weighted by atomic mass is 16.5. The van der Waals surface area contributed by atoms with Crippen molar-refractivity contribution in [3.63, 3.8) is 0 Å². The van der Waals surface area contributed by atoms with Crippen LogP contribution in [0.4, 0.5) is 11.4 Å². The summed E-state index contributed by atoms with van der Waals surface area (Å²) in [7, 11) is 0. The van der Waals surface area contributed by atoms with E-state index >= 15 is 0 Å². The van der Waals surface area contributed by atoms with Gasteiger partial charge in [0.15, 0.2) is 0 Å². The van der Waals surface area contributed by atoms with Gasteiger partial charge in [0.2, 0.25) is 0 Å². The Morgan fingerprint density at radius 1 is 1.00 bits per heavy atom. The van der Waals surface area contributed by atoms with Crippen LogP contribution in [0.15, 0.2) is 48.7 Å². The lowest BCUT2D eigenvalue weighted by atomic mass is 10.1. The maximum Gasteiger partial charge on any atom is 0.101 e. The first-order chi connectivity index (χ1) is 17.2. The fourth-order valence-electron chi connectivity index (χ4n) is 5.93. The lowest BCUT2D eigenvalue weighted by Gasteiger charge is -2.42. The molecule has 0 aliphatic carbocycles. The number of nitrogens with zero attached hydrogens (tertiary/aromatic N) is 5. The minimum absolute atomic E-state index is 0.150. The quantitative estimate of drug-likeness (QED) is 0.631. The smallest absolute Gasteiger partial charge is 0.101 e. The number of morpholine rings is 1. The van der Waals surface area contributed by atoms with Gasteiger partial charge in [-0.15, -0.1) is 0 Å². The maximum absolute atomic E-state index is 9.50. The molecular weight excluding hydrogens is 436 g/mol. The molecule has 2 saturated heterocycles. The molecule has 1 N–H and O–H groups in total. The summed E-state index contributed by atoms with van der Waals surface area (Å²) in [5.74, 6) is 0. The standard InChI is InChI=1S/C28H32N6O/c1-20-17-34(27-8-7-21(14-29)28-24(27)5-3-9-31-28)19-23(35-20)18-32-10-12-33(13-11-32)26-6-2-4-22-15-30-16-25(22)26/h2-9,20,23,30H,10-13,15-19H2,1H3. The lowest BCUT2D eigenvalue weighted by molar-refractivity contribution is -0.0327. The van der Waals surface area contributed by atoms with Gasteiger partial charge in [-0.3, -0.25) is 9.88 Å². The fourth-order valence-corrected chi connectivity index (χ4v) is 5.93. The highest BCUT2D eigenvalue weighted by Crippen LogP contribution is 2.31. The predicted octanol–water partition coefficient (Wildman–Crippen LogP) is 3.13. The van der Waals surface area contributed by atoms with Crippen molar-refractivity contribution in [1.82, 2.24) is 15.2 Å². The van der Waals surface area contributed by atoms with Gasteiger partial charge in [0.1, 0.15) is 6.07 Å². The van der Waals surface area contributed by atoms with Gasteiger partial charge < -0.3 is 19.9 Å². The summed E-state index contributed by atoms with van der Waals surface area (Å²) in [6.07, 6.45) is 2.06. The van der Waals surface area contributed by atoms with Gasteiger partial charge in [0.05, 0.1) is 23.3 Å². The number of fused-ring (bicyclic) bond motifs is 2. The number of piperazine rings is 1. The van der Waals surface area contributed by atoms with Crippen LogP contribution in [0.1, 0.15) is 23.6 Å². The molecule has 0 spiro atoms. The third kappa shape index (κ3) is 4.34. The van der Waals surface area contributed by atoms with Crippen molar-refractivity contribution >= 4 is 22.3 Å². The van der Waals surface area contributed by atoms with E-state index in [9.17, 15) is 5.26 Å². The van der Waals surface area contributed by atoms with Crippen LogP contribution in [0.5, 0.6) is 0 Å². The molecule has 0 bridgehead atoms. The SMILES string of the molecule is CC1CN(c2ccc(C#N)c3ncccc23)CC(CN2CCN(c3cccc4c3CNC4)CC2)O1.